The molecule has 3 atom stereocenters. The molecule has 1 aromatic heterocycles. The molecule has 0 aliphatic heterocycles. The number of nitrogens with zero attached hydrogens (tertiary/aromatic N) is 1. The second kappa shape index (κ2) is 6.28. The molecule has 1 saturated carbocycles. The quantitative estimate of drug-likeness (QED) is 0.888. The molecule has 1 aliphatic rings. The second-order valence-corrected chi connectivity index (χ2v) is 5.47. The van der Waals surface area contributed by atoms with E-state index in [-0.39, 0.29) is 11.7 Å². The van der Waals surface area contributed by atoms with E-state index >= 15 is 0 Å². The van der Waals surface area contributed by atoms with Gasteiger partial charge in [0.05, 0.1) is 6.20 Å². The number of nitrogens with two attached hydrogens (primary N) is 1. The zero-order chi connectivity index (χ0) is 13.0. The normalized spacial score (nSPS) is 28.3. The van der Waals surface area contributed by atoms with E-state index in [1.54, 1.807) is 6.20 Å². The topological polar surface area (TPSA) is 38.9 Å². The van der Waals surface area contributed by atoms with Gasteiger partial charge in [-0.1, -0.05) is 26.2 Å². The zero-order valence-corrected chi connectivity index (χ0v) is 11.1. The Morgan fingerprint density at radius 2 is 2.28 bits per heavy atom. The lowest BCUT2D eigenvalue weighted by molar-refractivity contribution is 0.226. The first-order chi connectivity index (χ1) is 8.76. The van der Waals surface area contributed by atoms with Gasteiger partial charge in [0.25, 0.3) is 0 Å². The molecular weight excluding hydrogens is 227 g/mol. The second-order valence-electron chi connectivity index (χ2n) is 5.47. The lowest BCUT2D eigenvalue weighted by atomic mass is 9.70. The first-order valence-electron chi connectivity index (χ1n) is 7.05. The van der Waals surface area contributed by atoms with Gasteiger partial charge in [-0.15, -0.1) is 0 Å². The van der Waals surface area contributed by atoms with Crippen molar-refractivity contribution in [1.82, 2.24) is 4.98 Å². The molecule has 3 heteroatoms. The summed E-state index contributed by atoms with van der Waals surface area (Å²) in [5.41, 5.74) is 6.68. The maximum Gasteiger partial charge on any atom is 0.144 e. The number of pyridine rings is 1. The van der Waals surface area contributed by atoms with E-state index < -0.39 is 0 Å². The fourth-order valence-corrected chi connectivity index (χ4v) is 3.34. The van der Waals surface area contributed by atoms with Crippen LogP contribution in [0.15, 0.2) is 18.5 Å². The van der Waals surface area contributed by atoms with Crippen molar-refractivity contribution in [1.29, 1.82) is 0 Å². The monoisotopic (exact) mass is 250 g/mol. The molecule has 1 fully saturated rings. The van der Waals surface area contributed by atoms with Crippen molar-refractivity contribution in [3.05, 3.63) is 29.8 Å². The molecular formula is C15H23FN2. The van der Waals surface area contributed by atoms with Gasteiger partial charge in [-0.2, -0.15) is 0 Å². The summed E-state index contributed by atoms with van der Waals surface area (Å²) in [4.78, 5) is 3.84. The molecule has 2 rings (SSSR count). The summed E-state index contributed by atoms with van der Waals surface area (Å²) in [7, 11) is 0. The Morgan fingerprint density at radius 1 is 1.44 bits per heavy atom. The van der Waals surface area contributed by atoms with Crippen molar-refractivity contribution < 1.29 is 4.39 Å². The summed E-state index contributed by atoms with van der Waals surface area (Å²) in [6, 6.07) is 1.83. The predicted octanol–water partition coefficient (Wildman–Crippen LogP) is 3.48. The first-order valence-corrected chi connectivity index (χ1v) is 7.05. The van der Waals surface area contributed by atoms with Crippen LogP contribution in [0.4, 0.5) is 4.39 Å². The van der Waals surface area contributed by atoms with Gasteiger partial charge in [-0.05, 0) is 48.8 Å². The summed E-state index contributed by atoms with van der Waals surface area (Å²) in [6.07, 6.45) is 8.94. The lowest BCUT2D eigenvalue weighted by Crippen LogP contribution is -2.29. The summed E-state index contributed by atoms with van der Waals surface area (Å²) in [5.74, 6) is 1.27. The van der Waals surface area contributed by atoms with Crippen molar-refractivity contribution in [2.24, 2.45) is 17.6 Å². The average Bonchev–Trinajstić information content (AvgIpc) is 2.40. The molecule has 1 heterocycles. The summed E-state index contributed by atoms with van der Waals surface area (Å²) < 4.78 is 13.9. The van der Waals surface area contributed by atoms with Crippen LogP contribution in [0.3, 0.4) is 0 Å². The minimum Gasteiger partial charge on any atom is -0.330 e. The van der Waals surface area contributed by atoms with Gasteiger partial charge < -0.3 is 5.73 Å². The molecule has 0 spiro atoms. The fourth-order valence-electron chi connectivity index (χ4n) is 3.34. The molecule has 2 N–H and O–H groups in total. The molecule has 100 valence electrons. The maximum absolute atomic E-state index is 13.9. The zero-order valence-electron chi connectivity index (χ0n) is 11.1. The molecule has 0 saturated heterocycles. The van der Waals surface area contributed by atoms with Crippen LogP contribution in [-0.4, -0.2) is 11.5 Å². The van der Waals surface area contributed by atoms with Crippen molar-refractivity contribution >= 4 is 0 Å². The lowest BCUT2D eigenvalue weighted by Gasteiger charge is -2.36. The van der Waals surface area contributed by atoms with Gasteiger partial charge in [-0.25, -0.2) is 4.39 Å². The molecule has 0 aromatic carbocycles. The maximum atomic E-state index is 13.9. The largest absolute Gasteiger partial charge is 0.330 e. The van der Waals surface area contributed by atoms with Crippen LogP contribution in [0.5, 0.6) is 0 Å². The third-order valence-electron chi connectivity index (χ3n) is 4.30. The Labute approximate surface area is 109 Å². The predicted molar refractivity (Wildman–Crippen MR) is 71.7 cm³/mol. The smallest absolute Gasteiger partial charge is 0.144 e. The molecule has 0 amide bonds. The minimum absolute atomic E-state index is 0.168. The number of rotatable bonds is 4. The van der Waals surface area contributed by atoms with E-state index in [9.17, 15) is 4.39 Å². The van der Waals surface area contributed by atoms with Gasteiger partial charge in [0, 0.05) is 6.20 Å². The highest BCUT2D eigenvalue weighted by Gasteiger charge is 2.31. The minimum atomic E-state index is -0.168. The highest BCUT2D eigenvalue weighted by molar-refractivity contribution is 5.20. The molecule has 18 heavy (non-hydrogen) atoms. The molecule has 0 bridgehead atoms. The third kappa shape index (κ3) is 2.89. The SMILES string of the molecule is CCCC1CCC(CN)C(c2ccncc2F)C1. The number of hydrogen-bond donors (Lipinski definition) is 1. The first kappa shape index (κ1) is 13.5. The van der Waals surface area contributed by atoms with Crippen LogP contribution >= 0.6 is 0 Å². The van der Waals surface area contributed by atoms with Crippen LogP contribution in [-0.2, 0) is 0 Å². The summed E-state index contributed by atoms with van der Waals surface area (Å²) in [5, 5.41) is 0. The van der Waals surface area contributed by atoms with Gasteiger partial charge in [0.15, 0.2) is 0 Å². The van der Waals surface area contributed by atoms with Crippen molar-refractivity contribution in [2.75, 3.05) is 6.54 Å². The molecule has 3 unspecified atom stereocenters. The van der Waals surface area contributed by atoms with Crippen molar-refractivity contribution in [3.63, 3.8) is 0 Å². The van der Waals surface area contributed by atoms with Crippen LogP contribution in [0.2, 0.25) is 0 Å². The molecule has 0 radical (unpaired) electrons. The Hall–Kier alpha value is -0.960. The third-order valence-corrected chi connectivity index (χ3v) is 4.30. The van der Waals surface area contributed by atoms with Crippen LogP contribution in [0.25, 0.3) is 0 Å². The van der Waals surface area contributed by atoms with Gasteiger partial charge >= 0.3 is 0 Å². The van der Waals surface area contributed by atoms with Crippen LogP contribution < -0.4 is 5.73 Å². The van der Waals surface area contributed by atoms with Gasteiger partial charge in [0.2, 0.25) is 0 Å². The van der Waals surface area contributed by atoms with Gasteiger partial charge in [-0.3, -0.25) is 4.98 Å². The molecule has 1 aliphatic carbocycles. The highest BCUT2D eigenvalue weighted by Crippen LogP contribution is 2.42. The van der Waals surface area contributed by atoms with Crippen LogP contribution in [0.1, 0.15) is 50.5 Å². The molecule has 1 aromatic rings. The van der Waals surface area contributed by atoms with E-state index in [0.717, 1.165) is 24.3 Å². The standard InChI is InChI=1S/C15H23FN2/c1-2-3-11-4-5-12(9-17)14(8-11)13-6-7-18-10-15(13)16/h6-7,10-12,14H,2-5,8-9,17H2,1H3. The highest BCUT2D eigenvalue weighted by atomic mass is 19.1. The number of halogens is 1. The Kier molecular flexibility index (Phi) is 4.70. The number of hydrogen-bond acceptors (Lipinski definition) is 2. The van der Waals surface area contributed by atoms with Crippen molar-refractivity contribution in [3.8, 4) is 0 Å². The Bertz CT molecular complexity index is 381. The Morgan fingerprint density at radius 3 is 2.94 bits per heavy atom. The van der Waals surface area contributed by atoms with E-state index in [2.05, 4.69) is 11.9 Å². The summed E-state index contributed by atoms with van der Waals surface area (Å²) in [6.45, 7) is 2.88. The number of aromatic nitrogens is 1. The van der Waals surface area contributed by atoms with Gasteiger partial charge in [0.1, 0.15) is 5.82 Å². The van der Waals surface area contributed by atoms with E-state index in [1.165, 1.54) is 25.5 Å². The fraction of sp³-hybridized carbons (Fsp3) is 0.667. The van der Waals surface area contributed by atoms with E-state index in [0.29, 0.717) is 12.5 Å². The van der Waals surface area contributed by atoms with Crippen molar-refractivity contribution in [2.45, 2.75) is 44.9 Å². The average molecular weight is 250 g/mol. The molecule has 2 nitrogen and oxygen atoms in total. The Balaban J connectivity index is 2.18. The van der Waals surface area contributed by atoms with E-state index in [4.69, 9.17) is 5.73 Å². The van der Waals surface area contributed by atoms with E-state index in [1.807, 2.05) is 6.07 Å². The van der Waals surface area contributed by atoms with Crippen LogP contribution in [0, 0.1) is 17.7 Å². The summed E-state index contributed by atoms with van der Waals surface area (Å²) >= 11 is 0.